The third-order valence-corrected chi connectivity index (χ3v) is 5.56. The second-order valence-electron chi connectivity index (χ2n) is 6.52. The van der Waals surface area contributed by atoms with Crippen LogP contribution in [0, 0.1) is 0 Å². The highest BCUT2D eigenvalue weighted by atomic mass is 32.2. The zero-order valence-electron chi connectivity index (χ0n) is 16.6. The first-order valence-electron chi connectivity index (χ1n) is 8.88. The standard InChI is InChI=1S/C21H20N2O5S2/c1-22(2)14-5-7-15(8-6-14)23-20(26)18(30-21(23)29)11-13-4-9-16(17(10-13)27-3)28-12-19(24)25/h4-11H,12H2,1-3H3,(H,24,25)/b18-11+. The highest BCUT2D eigenvalue weighted by Crippen LogP contribution is 2.37. The van der Waals surface area contributed by atoms with Crippen LogP contribution in [0.3, 0.4) is 0 Å². The molecule has 2 aromatic carbocycles. The van der Waals surface area contributed by atoms with E-state index in [-0.39, 0.29) is 5.91 Å². The van der Waals surface area contributed by atoms with E-state index in [1.807, 2.05) is 43.3 Å². The summed E-state index contributed by atoms with van der Waals surface area (Å²) in [6.07, 6.45) is 1.72. The van der Waals surface area contributed by atoms with E-state index in [1.165, 1.54) is 23.8 Å². The summed E-state index contributed by atoms with van der Waals surface area (Å²) in [5, 5.41) is 8.76. The minimum Gasteiger partial charge on any atom is -0.493 e. The number of thioether (sulfide) groups is 1. The maximum Gasteiger partial charge on any atom is 0.341 e. The molecule has 2 aromatic rings. The van der Waals surface area contributed by atoms with Gasteiger partial charge in [-0.3, -0.25) is 9.69 Å². The molecular formula is C21H20N2O5S2. The Balaban J connectivity index is 1.83. The van der Waals surface area contributed by atoms with Crippen molar-refractivity contribution in [2.75, 3.05) is 37.6 Å². The topological polar surface area (TPSA) is 79.3 Å². The molecule has 0 atom stereocenters. The average Bonchev–Trinajstić information content (AvgIpc) is 2.99. The number of carbonyl (C=O) groups is 2. The number of benzene rings is 2. The first-order valence-corrected chi connectivity index (χ1v) is 10.1. The third-order valence-electron chi connectivity index (χ3n) is 4.25. The summed E-state index contributed by atoms with van der Waals surface area (Å²) in [6, 6.07) is 12.6. The van der Waals surface area contributed by atoms with Crippen molar-refractivity contribution in [3.8, 4) is 11.5 Å². The summed E-state index contributed by atoms with van der Waals surface area (Å²) in [6.45, 7) is -0.471. The van der Waals surface area contributed by atoms with E-state index >= 15 is 0 Å². The Morgan fingerprint density at radius 3 is 2.50 bits per heavy atom. The predicted molar refractivity (Wildman–Crippen MR) is 123 cm³/mol. The fourth-order valence-corrected chi connectivity index (χ4v) is 4.07. The summed E-state index contributed by atoms with van der Waals surface area (Å²) < 4.78 is 10.9. The van der Waals surface area contributed by atoms with Crippen molar-refractivity contribution in [1.29, 1.82) is 0 Å². The number of carboxylic acids is 1. The van der Waals surface area contributed by atoms with Crippen LogP contribution in [0.1, 0.15) is 5.56 Å². The lowest BCUT2D eigenvalue weighted by Crippen LogP contribution is -2.27. The molecule has 30 heavy (non-hydrogen) atoms. The number of anilines is 2. The van der Waals surface area contributed by atoms with E-state index in [2.05, 4.69) is 0 Å². The van der Waals surface area contributed by atoms with Crippen LogP contribution < -0.4 is 19.3 Å². The molecule has 1 amide bonds. The van der Waals surface area contributed by atoms with Gasteiger partial charge in [-0.1, -0.05) is 30.0 Å². The number of thiocarbonyl (C=S) groups is 1. The molecule has 1 N–H and O–H groups in total. The minimum atomic E-state index is -1.08. The van der Waals surface area contributed by atoms with Crippen molar-refractivity contribution in [2.24, 2.45) is 0 Å². The Hall–Kier alpha value is -3.04. The van der Waals surface area contributed by atoms with Gasteiger partial charge in [0.2, 0.25) is 0 Å². The van der Waals surface area contributed by atoms with Gasteiger partial charge < -0.3 is 19.5 Å². The van der Waals surface area contributed by atoms with Gasteiger partial charge in [-0.25, -0.2) is 4.79 Å². The summed E-state index contributed by atoms with van der Waals surface area (Å²) in [5.41, 5.74) is 2.44. The number of aliphatic carboxylic acids is 1. The molecule has 1 saturated heterocycles. The summed E-state index contributed by atoms with van der Waals surface area (Å²) in [5.74, 6) is -0.596. The van der Waals surface area contributed by atoms with Crippen molar-refractivity contribution in [2.45, 2.75) is 0 Å². The number of hydrogen-bond acceptors (Lipinski definition) is 7. The van der Waals surface area contributed by atoms with Gasteiger partial charge in [0.05, 0.1) is 17.7 Å². The number of carbonyl (C=O) groups excluding carboxylic acids is 1. The van der Waals surface area contributed by atoms with Crippen molar-refractivity contribution < 1.29 is 24.2 Å². The van der Waals surface area contributed by atoms with E-state index in [4.69, 9.17) is 26.8 Å². The van der Waals surface area contributed by atoms with Crippen molar-refractivity contribution in [3.63, 3.8) is 0 Å². The summed E-state index contributed by atoms with van der Waals surface area (Å²) >= 11 is 6.64. The van der Waals surface area contributed by atoms with Gasteiger partial charge in [0, 0.05) is 19.8 Å². The van der Waals surface area contributed by atoms with Crippen LogP contribution in [0.2, 0.25) is 0 Å². The molecule has 156 valence electrons. The number of hydrogen-bond donors (Lipinski definition) is 1. The molecule has 0 aliphatic carbocycles. The Labute approximate surface area is 183 Å². The van der Waals surface area contributed by atoms with Gasteiger partial charge in [-0.05, 0) is 48.0 Å². The van der Waals surface area contributed by atoms with Crippen LogP contribution in [0.15, 0.2) is 47.4 Å². The Kier molecular flexibility index (Phi) is 6.63. The molecule has 0 radical (unpaired) electrons. The van der Waals surface area contributed by atoms with E-state index in [0.29, 0.717) is 32.0 Å². The van der Waals surface area contributed by atoms with Gasteiger partial charge in [0.15, 0.2) is 22.4 Å². The van der Waals surface area contributed by atoms with Crippen LogP contribution >= 0.6 is 24.0 Å². The predicted octanol–water partition coefficient (Wildman–Crippen LogP) is 3.63. The van der Waals surface area contributed by atoms with Gasteiger partial charge in [0.25, 0.3) is 5.91 Å². The van der Waals surface area contributed by atoms with Gasteiger partial charge >= 0.3 is 5.97 Å². The van der Waals surface area contributed by atoms with E-state index < -0.39 is 12.6 Å². The van der Waals surface area contributed by atoms with Crippen molar-refractivity contribution in [3.05, 3.63) is 52.9 Å². The van der Waals surface area contributed by atoms with E-state index in [1.54, 1.807) is 24.3 Å². The molecule has 1 fully saturated rings. The number of ether oxygens (including phenoxy) is 2. The molecule has 0 unspecified atom stereocenters. The van der Waals surface area contributed by atoms with Crippen molar-refractivity contribution in [1.82, 2.24) is 0 Å². The molecule has 1 aliphatic rings. The SMILES string of the molecule is COc1cc(/C=C2/SC(=S)N(c3ccc(N(C)C)cc3)C2=O)ccc1OCC(=O)O. The number of carboxylic acid groups (broad SMARTS) is 1. The first kappa shape index (κ1) is 21.7. The van der Waals surface area contributed by atoms with Crippen LogP contribution in [0.4, 0.5) is 11.4 Å². The lowest BCUT2D eigenvalue weighted by atomic mass is 10.1. The van der Waals surface area contributed by atoms with Gasteiger partial charge in [-0.15, -0.1) is 0 Å². The number of amides is 1. The molecule has 3 rings (SSSR count). The highest BCUT2D eigenvalue weighted by molar-refractivity contribution is 8.27. The molecule has 0 saturated carbocycles. The summed E-state index contributed by atoms with van der Waals surface area (Å²) in [4.78, 5) is 27.6. The van der Waals surface area contributed by atoms with Crippen molar-refractivity contribution >= 4 is 57.6 Å². The van der Waals surface area contributed by atoms with Crippen LogP contribution in [-0.4, -0.2) is 49.1 Å². The van der Waals surface area contributed by atoms with E-state index in [9.17, 15) is 9.59 Å². The van der Waals surface area contributed by atoms with Crippen LogP contribution in [0.25, 0.3) is 6.08 Å². The maximum absolute atomic E-state index is 13.0. The molecule has 0 aromatic heterocycles. The van der Waals surface area contributed by atoms with E-state index in [0.717, 1.165) is 5.69 Å². The minimum absolute atomic E-state index is 0.201. The maximum atomic E-state index is 13.0. The van der Waals surface area contributed by atoms with Crippen LogP contribution in [-0.2, 0) is 9.59 Å². The first-order chi connectivity index (χ1) is 14.3. The third kappa shape index (κ3) is 4.74. The van der Waals surface area contributed by atoms with Crippen LogP contribution in [0.5, 0.6) is 11.5 Å². The second kappa shape index (κ2) is 9.19. The Morgan fingerprint density at radius 1 is 1.20 bits per heavy atom. The number of nitrogens with zero attached hydrogens (tertiary/aromatic N) is 2. The highest BCUT2D eigenvalue weighted by Gasteiger charge is 2.33. The lowest BCUT2D eigenvalue weighted by Gasteiger charge is -2.17. The Bertz CT molecular complexity index is 1020. The zero-order chi connectivity index (χ0) is 21.8. The largest absolute Gasteiger partial charge is 0.493 e. The normalized spacial score (nSPS) is 14.9. The monoisotopic (exact) mass is 444 g/mol. The fraction of sp³-hybridized carbons (Fsp3) is 0.190. The smallest absolute Gasteiger partial charge is 0.341 e. The average molecular weight is 445 g/mol. The zero-order valence-corrected chi connectivity index (χ0v) is 18.3. The molecule has 9 heteroatoms. The molecular weight excluding hydrogens is 424 g/mol. The lowest BCUT2D eigenvalue weighted by molar-refractivity contribution is -0.139. The summed E-state index contributed by atoms with van der Waals surface area (Å²) in [7, 11) is 5.36. The second-order valence-corrected chi connectivity index (χ2v) is 8.20. The number of methoxy groups -OCH3 is 1. The molecule has 0 spiro atoms. The van der Waals surface area contributed by atoms with Gasteiger partial charge in [0.1, 0.15) is 0 Å². The molecule has 7 nitrogen and oxygen atoms in total. The molecule has 1 heterocycles. The fourth-order valence-electron chi connectivity index (χ4n) is 2.77. The molecule has 0 bridgehead atoms. The Morgan fingerprint density at radius 2 is 1.90 bits per heavy atom. The molecule has 1 aliphatic heterocycles. The number of rotatable bonds is 7. The quantitative estimate of drug-likeness (QED) is 0.512. The van der Waals surface area contributed by atoms with Gasteiger partial charge in [-0.2, -0.15) is 0 Å².